The Labute approximate surface area is 156 Å². The second kappa shape index (κ2) is 7.90. The van der Waals surface area contributed by atoms with Gasteiger partial charge in [-0.3, -0.25) is 10.1 Å². The third-order valence-electron chi connectivity index (χ3n) is 4.15. The lowest BCUT2D eigenvalue weighted by Gasteiger charge is -2.08. The maximum atomic E-state index is 12.9. The number of hydrogen-bond acceptors (Lipinski definition) is 7. The van der Waals surface area contributed by atoms with Gasteiger partial charge in [0.15, 0.2) is 0 Å². The summed E-state index contributed by atoms with van der Waals surface area (Å²) in [6, 6.07) is 1.80. The molecule has 1 N–H and O–H groups in total. The molecule has 0 fully saturated rings. The standard InChI is InChI=1S/C18H23N5O2S/c1-5-6-7-8-14-21-22-18(26-14)20-16(24)12-9-13(10(2)3)19-17-15(12)11(4)23-25-17/h9-10H,5-8H2,1-4H3,(H,20,22,24). The lowest BCUT2D eigenvalue weighted by molar-refractivity contribution is 0.102. The summed E-state index contributed by atoms with van der Waals surface area (Å²) in [7, 11) is 0. The van der Waals surface area contributed by atoms with Crippen molar-refractivity contribution >= 4 is 33.5 Å². The van der Waals surface area contributed by atoms with Gasteiger partial charge in [0.1, 0.15) is 5.01 Å². The molecule has 0 aliphatic heterocycles. The van der Waals surface area contributed by atoms with E-state index in [0.29, 0.717) is 27.5 Å². The molecule has 0 aliphatic carbocycles. The van der Waals surface area contributed by atoms with E-state index in [0.717, 1.165) is 30.0 Å². The number of unbranched alkanes of at least 4 members (excludes halogenated alkanes) is 2. The van der Waals surface area contributed by atoms with Crippen molar-refractivity contribution in [3.8, 4) is 0 Å². The average molecular weight is 373 g/mol. The second-order valence-electron chi connectivity index (χ2n) is 6.61. The summed E-state index contributed by atoms with van der Waals surface area (Å²) in [5, 5.41) is 17.1. The molecule has 0 aromatic carbocycles. The van der Waals surface area contributed by atoms with Crippen LogP contribution in [0.15, 0.2) is 10.6 Å². The first-order valence-electron chi connectivity index (χ1n) is 8.90. The van der Waals surface area contributed by atoms with Crippen LogP contribution < -0.4 is 5.32 Å². The van der Waals surface area contributed by atoms with Crippen LogP contribution >= 0.6 is 11.3 Å². The Kier molecular flexibility index (Phi) is 5.61. The highest BCUT2D eigenvalue weighted by atomic mass is 32.1. The number of carbonyl (C=O) groups excluding carboxylic acids is 1. The highest BCUT2D eigenvalue weighted by molar-refractivity contribution is 7.15. The summed E-state index contributed by atoms with van der Waals surface area (Å²) >= 11 is 1.42. The molecule has 3 rings (SSSR count). The number of nitrogens with zero attached hydrogens (tertiary/aromatic N) is 4. The van der Waals surface area contributed by atoms with Crippen LogP contribution in [0.5, 0.6) is 0 Å². The minimum atomic E-state index is -0.248. The van der Waals surface area contributed by atoms with Crippen molar-refractivity contribution in [1.29, 1.82) is 0 Å². The van der Waals surface area contributed by atoms with E-state index in [1.165, 1.54) is 17.8 Å². The van der Waals surface area contributed by atoms with Gasteiger partial charge in [0.05, 0.1) is 16.6 Å². The molecule has 138 valence electrons. The minimum absolute atomic E-state index is 0.169. The number of carbonyl (C=O) groups is 1. The van der Waals surface area contributed by atoms with Crippen LogP contribution in [-0.2, 0) is 6.42 Å². The van der Waals surface area contributed by atoms with Crippen molar-refractivity contribution in [3.05, 3.63) is 28.0 Å². The van der Waals surface area contributed by atoms with E-state index in [4.69, 9.17) is 4.52 Å². The first-order chi connectivity index (χ1) is 12.5. The van der Waals surface area contributed by atoms with E-state index < -0.39 is 0 Å². The maximum absolute atomic E-state index is 12.9. The monoisotopic (exact) mass is 373 g/mol. The van der Waals surface area contributed by atoms with E-state index in [2.05, 4.69) is 32.6 Å². The fourth-order valence-corrected chi connectivity index (χ4v) is 3.46. The Morgan fingerprint density at radius 1 is 1.31 bits per heavy atom. The van der Waals surface area contributed by atoms with Crippen molar-refractivity contribution in [1.82, 2.24) is 20.3 Å². The highest BCUT2D eigenvalue weighted by Crippen LogP contribution is 2.26. The number of rotatable bonds is 7. The fraction of sp³-hybridized carbons (Fsp3) is 0.500. The van der Waals surface area contributed by atoms with Crippen LogP contribution in [0.1, 0.15) is 72.7 Å². The summed E-state index contributed by atoms with van der Waals surface area (Å²) in [5.41, 5.74) is 2.32. The molecule has 8 heteroatoms. The van der Waals surface area contributed by atoms with Crippen molar-refractivity contribution < 1.29 is 9.32 Å². The first kappa shape index (κ1) is 18.4. The quantitative estimate of drug-likeness (QED) is 0.613. The zero-order valence-corrected chi connectivity index (χ0v) is 16.3. The Hall–Kier alpha value is -2.35. The van der Waals surface area contributed by atoms with Gasteiger partial charge >= 0.3 is 0 Å². The number of aryl methyl sites for hydroxylation is 2. The molecule has 0 radical (unpaired) electrons. The van der Waals surface area contributed by atoms with Crippen molar-refractivity contribution in [2.75, 3.05) is 5.32 Å². The molecule has 3 heterocycles. The minimum Gasteiger partial charge on any atom is -0.336 e. The Morgan fingerprint density at radius 2 is 2.12 bits per heavy atom. The van der Waals surface area contributed by atoms with Crippen LogP contribution in [-0.4, -0.2) is 26.2 Å². The topological polar surface area (TPSA) is 93.8 Å². The average Bonchev–Trinajstić information content (AvgIpc) is 3.21. The van der Waals surface area contributed by atoms with Crippen LogP contribution in [0.4, 0.5) is 5.13 Å². The highest BCUT2D eigenvalue weighted by Gasteiger charge is 2.20. The molecule has 0 unspecified atom stereocenters. The number of nitrogens with one attached hydrogen (secondary N) is 1. The predicted octanol–water partition coefficient (Wildman–Crippen LogP) is 4.49. The van der Waals surface area contributed by atoms with E-state index in [1.807, 2.05) is 13.8 Å². The summed E-state index contributed by atoms with van der Waals surface area (Å²) in [6.07, 6.45) is 4.31. The van der Waals surface area contributed by atoms with Crippen LogP contribution in [0.3, 0.4) is 0 Å². The molecule has 0 saturated carbocycles. The molecule has 1 amide bonds. The van der Waals surface area contributed by atoms with Gasteiger partial charge in [-0.2, -0.15) is 0 Å². The van der Waals surface area contributed by atoms with Crippen LogP contribution in [0, 0.1) is 6.92 Å². The molecule has 26 heavy (non-hydrogen) atoms. The smallest absolute Gasteiger partial charge is 0.259 e. The zero-order chi connectivity index (χ0) is 18.7. The molecule has 3 aromatic rings. The molecule has 0 atom stereocenters. The van der Waals surface area contributed by atoms with Gasteiger partial charge in [-0.05, 0) is 25.3 Å². The number of fused-ring (bicyclic) bond motifs is 1. The predicted molar refractivity (Wildman–Crippen MR) is 102 cm³/mol. The van der Waals surface area contributed by atoms with Crippen molar-refractivity contribution in [3.63, 3.8) is 0 Å². The largest absolute Gasteiger partial charge is 0.336 e. The van der Waals surface area contributed by atoms with Gasteiger partial charge in [-0.15, -0.1) is 10.2 Å². The summed E-state index contributed by atoms with van der Waals surface area (Å²) in [5.74, 6) is -0.0788. The van der Waals surface area contributed by atoms with Gasteiger partial charge in [-0.25, -0.2) is 4.98 Å². The Morgan fingerprint density at radius 3 is 2.85 bits per heavy atom. The van der Waals surface area contributed by atoms with Gasteiger partial charge in [0.25, 0.3) is 11.6 Å². The number of aromatic nitrogens is 4. The number of hydrogen-bond donors (Lipinski definition) is 1. The summed E-state index contributed by atoms with van der Waals surface area (Å²) in [6.45, 7) is 8.01. The molecule has 7 nitrogen and oxygen atoms in total. The van der Waals surface area contributed by atoms with Gasteiger partial charge < -0.3 is 4.52 Å². The molecule has 0 saturated heterocycles. The fourth-order valence-electron chi connectivity index (χ4n) is 2.68. The van der Waals surface area contributed by atoms with Crippen LogP contribution in [0.2, 0.25) is 0 Å². The maximum Gasteiger partial charge on any atom is 0.259 e. The van der Waals surface area contributed by atoms with E-state index in [-0.39, 0.29) is 11.8 Å². The third-order valence-corrected chi connectivity index (χ3v) is 5.05. The SMILES string of the molecule is CCCCCc1nnc(NC(=O)c2cc(C(C)C)nc3onc(C)c23)s1. The van der Waals surface area contributed by atoms with E-state index in [1.54, 1.807) is 13.0 Å². The second-order valence-corrected chi connectivity index (χ2v) is 7.67. The lowest BCUT2D eigenvalue weighted by Crippen LogP contribution is -2.13. The molecular weight excluding hydrogens is 350 g/mol. The van der Waals surface area contributed by atoms with Crippen molar-refractivity contribution in [2.24, 2.45) is 0 Å². The van der Waals surface area contributed by atoms with Gasteiger partial charge in [-0.1, -0.05) is 50.1 Å². The molecule has 3 aromatic heterocycles. The van der Waals surface area contributed by atoms with Gasteiger partial charge in [0, 0.05) is 12.1 Å². The Bertz CT molecular complexity index is 916. The zero-order valence-electron chi connectivity index (χ0n) is 15.5. The van der Waals surface area contributed by atoms with E-state index >= 15 is 0 Å². The van der Waals surface area contributed by atoms with Crippen molar-refractivity contribution in [2.45, 2.75) is 59.3 Å². The lowest BCUT2D eigenvalue weighted by atomic mass is 10.0. The van der Waals surface area contributed by atoms with Crippen LogP contribution in [0.25, 0.3) is 11.1 Å². The molecule has 0 bridgehead atoms. The Balaban J connectivity index is 1.84. The normalized spacial score (nSPS) is 11.4. The molecule has 0 spiro atoms. The molecule has 0 aliphatic rings. The summed E-state index contributed by atoms with van der Waals surface area (Å²) < 4.78 is 5.27. The first-order valence-corrected chi connectivity index (χ1v) is 9.71. The number of pyridine rings is 1. The number of amides is 1. The molecular formula is C18H23N5O2S. The number of anilines is 1. The van der Waals surface area contributed by atoms with Gasteiger partial charge in [0.2, 0.25) is 5.13 Å². The van der Waals surface area contributed by atoms with E-state index in [9.17, 15) is 4.79 Å². The summed E-state index contributed by atoms with van der Waals surface area (Å²) in [4.78, 5) is 17.3. The third kappa shape index (κ3) is 3.90.